The molecule has 2 aliphatic rings. The standard InChI is InChI=1S/C20H28ClNO2.ClH/c1-15(23)24-20-10-5-4-9-19(20,12-13-22(2)3)18-14-17(21)7-6-16(18)8-11-20;/h6-7,14H,4-5,8-13H2,1-3H3;1H/t19-,20+;/m1./s1. The van der Waals surface area contributed by atoms with Gasteiger partial charge in [-0.1, -0.05) is 24.1 Å². The van der Waals surface area contributed by atoms with E-state index in [0.717, 1.165) is 50.1 Å². The Morgan fingerprint density at radius 1 is 1.24 bits per heavy atom. The Balaban J connectivity index is 0.00000225. The van der Waals surface area contributed by atoms with Gasteiger partial charge in [0.25, 0.3) is 0 Å². The van der Waals surface area contributed by atoms with E-state index in [1.54, 1.807) is 6.92 Å². The number of esters is 1. The zero-order valence-corrected chi connectivity index (χ0v) is 17.0. The molecule has 0 aliphatic heterocycles. The van der Waals surface area contributed by atoms with E-state index in [0.29, 0.717) is 0 Å². The van der Waals surface area contributed by atoms with Crippen molar-refractivity contribution in [2.75, 3.05) is 20.6 Å². The third-order valence-corrected chi connectivity index (χ3v) is 6.25. The maximum atomic E-state index is 12.0. The first-order valence-electron chi connectivity index (χ1n) is 9.02. The number of hydrogen-bond acceptors (Lipinski definition) is 3. The lowest BCUT2D eigenvalue weighted by Crippen LogP contribution is -2.59. The van der Waals surface area contributed by atoms with Crippen LogP contribution in [0.5, 0.6) is 0 Å². The van der Waals surface area contributed by atoms with E-state index in [1.165, 1.54) is 17.5 Å². The van der Waals surface area contributed by atoms with Crippen LogP contribution in [0.2, 0.25) is 5.02 Å². The summed E-state index contributed by atoms with van der Waals surface area (Å²) >= 11 is 6.37. The van der Waals surface area contributed by atoms with Gasteiger partial charge in [0.2, 0.25) is 0 Å². The summed E-state index contributed by atoms with van der Waals surface area (Å²) in [7, 11) is 4.21. The second kappa shape index (κ2) is 7.85. The monoisotopic (exact) mass is 385 g/mol. The smallest absolute Gasteiger partial charge is 0.303 e. The zero-order valence-electron chi connectivity index (χ0n) is 15.4. The van der Waals surface area contributed by atoms with Crippen LogP contribution in [0.1, 0.15) is 56.6 Å². The summed E-state index contributed by atoms with van der Waals surface area (Å²) in [6, 6.07) is 6.29. The Labute approximate surface area is 162 Å². The van der Waals surface area contributed by atoms with Gasteiger partial charge in [0.1, 0.15) is 5.60 Å². The van der Waals surface area contributed by atoms with E-state index >= 15 is 0 Å². The molecule has 1 aromatic carbocycles. The van der Waals surface area contributed by atoms with Crippen molar-refractivity contribution < 1.29 is 9.53 Å². The molecule has 0 heterocycles. The number of fused-ring (bicyclic) bond motifs is 3. The van der Waals surface area contributed by atoms with E-state index in [2.05, 4.69) is 31.1 Å². The SMILES string of the molecule is CC(=O)O[C@]12CCCC[C@@]1(CCN(C)C)c1cc(Cl)ccc1CC2.Cl. The molecule has 0 N–H and O–H groups in total. The summed E-state index contributed by atoms with van der Waals surface area (Å²) in [6.45, 7) is 2.53. The van der Waals surface area contributed by atoms with Crippen LogP contribution in [-0.2, 0) is 21.4 Å². The number of hydrogen-bond donors (Lipinski definition) is 0. The third kappa shape index (κ3) is 3.70. The number of benzene rings is 1. The lowest BCUT2D eigenvalue weighted by molar-refractivity contribution is -0.176. The van der Waals surface area contributed by atoms with Gasteiger partial charge in [0.05, 0.1) is 0 Å². The highest BCUT2D eigenvalue weighted by atomic mass is 35.5. The topological polar surface area (TPSA) is 29.5 Å². The van der Waals surface area contributed by atoms with E-state index in [4.69, 9.17) is 16.3 Å². The molecule has 2 atom stereocenters. The summed E-state index contributed by atoms with van der Waals surface area (Å²) in [5, 5.41) is 0.780. The van der Waals surface area contributed by atoms with Gasteiger partial charge in [-0.2, -0.15) is 0 Å². The molecule has 140 valence electrons. The Kier molecular flexibility index (Phi) is 6.45. The van der Waals surface area contributed by atoms with Crippen molar-refractivity contribution in [1.29, 1.82) is 0 Å². The first-order chi connectivity index (χ1) is 11.4. The van der Waals surface area contributed by atoms with Crippen molar-refractivity contribution in [2.24, 2.45) is 0 Å². The van der Waals surface area contributed by atoms with Crippen LogP contribution in [0.15, 0.2) is 18.2 Å². The highest BCUT2D eigenvalue weighted by Crippen LogP contribution is 2.57. The second-order valence-electron chi connectivity index (χ2n) is 7.73. The predicted molar refractivity (Wildman–Crippen MR) is 105 cm³/mol. The molecule has 0 spiro atoms. The molecule has 0 unspecified atom stereocenters. The van der Waals surface area contributed by atoms with E-state index < -0.39 is 0 Å². The Morgan fingerprint density at radius 2 is 1.96 bits per heavy atom. The van der Waals surface area contributed by atoms with Crippen LogP contribution in [0.25, 0.3) is 0 Å². The van der Waals surface area contributed by atoms with Crippen LogP contribution < -0.4 is 0 Å². The third-order valence-electron chi connectivity index (χ3n) is 6.02. The first kappa shape index (κ1) is 20.5. The molecule has 2 aliphatic carbocycles. The maximum Gasteiger partial charge on any atom is 0.303 e. The summed E-state index contributed by atoms with van der Waals surface area (Å²) in [6.07, 6.45) is 7.24. The van der Waals surface area contributed by atoms with Gasteiger partial charge in [0.15, 0.2) is 0 Å². The van der Waals surface area contributed by atoms with Crippen LogP contribution in [-0.4, -0.2) is 37.1 Å². The average Bonchev–Trinajstić information content (AvgIpc) is 2.52. The normalized spacial score (nSPS) is 27.9. The van der Waals surface area contributed by atoms with Gasteiger partial charge in [-0.3, -0.25) is 4.79 Å². The number of rotatable bonds is 4. The molecule has 3 nitrogen and oxygen atoms in total. The maximum absolute atomic E-state index is 12.0. The minimum atomic E-state index is -0.370. The highest BCUT2D eigenvalue weighted by Gasteiger charge is 2.58. The molecule has 0 aromatic heterocycles. The number of carbonyl (C=O) groups excluding carboxylic acids is 1. The largest absolute Gasteiger partial charge is 0.458 e. The van der Waals surface area contributed by atoms with E-state index in [-0.39, 0.29) is 29.4 Å². The predicted octanol–water partition coefficient (Wildman–Crippen LogP) is 4.77. The first-order valence-corrected chi connectivity index (χ1v) is 9.40. The summed E-state index contributed by atoms with van der Waals surface area (Å²) in [4.78, 5) is 14.2. The molecule has 1 fully saturated rings. The molecule has 0 amide bonds. The van der Waals surface area contributed by atoms with Crippen LogP contribution in [0.4, 0.5) is 0 Å². The van der Waals surface area contributed by atoms with Gasteiger partial charge in [-0.15, -0.1) is 12.4 Å². The number of aryl methyl sites for hydroxylation is 1. The van der Waals surface area contributed by atoms with Gasteiger partial charge in [-0.25, -0.2) is 0 Å². The number of ether oxygens (including phenoxy) is 1. The van der Waals surface area contributed by atoms with Crippen LogP contribution in [0.3, 0.4) is 0 Å². The minimum absolute atomic E-state index is 0. The lowest BCUT2D eigenvalue weighted by Gasteiger charge is -2.56. The molecule has 1 aromatic rings. The molecule has 0 bridgehead atoms. The Hall–Kier alpha value is -0.770. The van der Waals surface area contributed by atoms with Crippen molar-refractivity contribution >= 4 is 30.0 Å². The highest BCUT2D eigenvalue weighted by molar-refractivity contribution is 6.30. The molecule has 0 saturated heterocycles. The lowest BCUT2D eigenvalue weighted by atomic mass is 9.53. The van der Waals surface area contributed by atoms with Gasteiger partial charge in [-0.05, 0) is 82.4 Å². The number of carbonyl (C=O) groups is 1. The second-order valence-corrected chi connectivity index (χ2v) is 8.17. The van der Waals surface area contributed by atoms with Gasteiger partial charge < -0.3 is 9.64 Å². The quantitative estimate of drug-likeness (QED) is 0.698. The van der Waals surface area contributed by atoms with Crippen molar-refractivity contribution in [1.82, 2.24) is 4.90 Å². The zero-order chi connectivity index (χ0) is 17.4. The number of halogens is 2. The summed E-state index contributed by atoms with van der Waals surface area (Å²) in [5.41, 5.74) is 2.22. The molecular formula is C20H29Cl2NO2. The van der Waals surface area contributed by atoms with Crippen molar-refractivity contribution in [3.05, 3.63) is 34.3 Å². The molecule has 1 saturated carbocycles. The summed E-state index contributed by atoms with van der Waals surface area (Å²) in [5.74, 6) is -0.156. The van der Waals surface area contributed by atoms with Gasteiger partial charge >= 0.3 is 5.97 Å². The fourth-order valence-corrected chi connectivity index (χ4v) is 5.15. The average molecular weight is 386 g/mol. The molecule has 5 heteroatoms. The fourth-order valence-electron chi connectivity index (χ4n) is 4.97. The summed E-state index contributed by atoms with van der Waals surface area (Å²) < 4.78 is 6.11. The van der Waals surface area contributed by atoms with Crippen molar-refractivity contribution in [3.8, 4) is 0 Å². The minimum Gasteiger partial charge on any atom is -0.458 e. The van der Waals surface area contributed by atoms with E-state index in [1.807, 2.05) is 6.07 Å². The molecule has 0 radical (unpaired) electrons. The van der Waals surface area contributed by atoms with E-state index in [9.17, 15) is 4.79 Å². The van der Waals surface area contributed by atoms with Crippen LogP contribution in [0, 0.1) is 0 Å². The number of nitrogens with zero attached hydrogens (tertiary/aromatic N) is 1. The van der Waals surface area contributed by atoms with Crippen molar-refractivity contribution in [3.63, 3.8) is 0 Å². The van der Waals surface area contributed by atoms with Gasteiger partial charge in [0, 0.05) is 17.4 Å². The fraction of sp³-hybridized carbons (Fsp3) is 0.650. The molecule has 25 heavy (non-hydrogen) atoms. The molecule has 3 rings (SSSR count). The Morgan fingerprint density at radius 3 is 2.64 bits per heavy atom. The van der Waals surface area contributed by atoms with Crippen molar-refractivity contribution in [2.45, 2.75) is 62.9 Å². The Bertz CT molecular complexity index is 634. The van der Waals surface area contributed by atoms with Crippen LogP contribution >= 0.6 is 24.0 Å². The molecular weight excluding hydrogens is 357 g/mol.